The number of fused-ring (bicyclic) bond motifs is 1. The number of benzene rings is 1. The highest BCUT2D eigenvalue weighted by atomic mass is 16.5. The number of morpholine rings is 1. The number of H-pyrrole nitrogens is 1. The predicted octanol–water partition coefficient (Wildman–Crippen LogP) is 3.20. The maximum absolute atomic E-state index is 11.8. The highest BCUT2D eigenvalue weighted by molar-refractivity contribution is 5.88. The Kier molecular flexibility index (Phi) is 6.95. The monoisotopic (exact) mass is 448 g/mol. The molecule has 8 heteroatoms. The molecule has 0 spiro atoms. The van der Waals surface area contributed by atoms with Crippen molar-refractivity contribution in [3.05, 3.63) is 59.1 Å². The van der Waals surface area contributed by atoms with Gasteiger partial charge in [-0.05, 0) is 56.3 Å². The predicted molar refractivity (Wildman–Crippen MR) is 130 cm³/mol. The van der Waals surface area contributed by atoms with Gasteiger partial charge in [-0.15, -0.1) is 0 Å². The molecule has 2 aromatic heterocycles. The fourth-order valence-corrected chi connectivity index (χ4v) is 4.95. The van der Waals surface area contributed by atoms with Crippen molar-refractivity contribution in [2.24, 2.45) is 5.92 Å². The zero-order valence-electron chi connectivity index (χ0n) is 19.0. The average molecular weight is 449 g/mol. The number of rotatable bonds is 7. The van der Waals surface area contributed by atoms with Gasteiger partial charge in [0.25, 0.3) is 0 Å². The lowest BCUT2D eigenvalue weighted by molar-refractivity contribution is 0.0361. The summed E-state index contributed by atoms with van der Waals surface area (Å²) in [6.07, 6.45) is 6.42. The number of pyridine rings is 1. The number of aromatic amines is 1. The van der Waals surface area contributed by atoms with Crippen molar-refractivity contribution in [2.45, 2.75) is 25.7 Å². The summed E-state index contributed by atoms with van der Waals surface area (Å²) in [5.74, 6) is 1.56. The number of ether oxygens (including phenoxy) is 1. The van der Waals surface area contributed by atoms with Crippen molar-refractivity contribution < 1.29 is 4.74 Å². The lowest BCUT2D eigenvalue weighted by Gasteiger charge is -2.40. The van der Waals surface area contributed by atoms with Gasteiger partial charge >= 0.3 is 0 Å². The van der Waals surface area contributed by atoms with E-state index in [9.17, 15) is 4.79 Å². The van der Waals surface area contributed by atoms with Gasteiger partial charge in [0.05, 0.1) is 24.3 Å². The van der Waals surface area contributed by atoms with Gasteiger partial charge in [0.2, 0.25) is 5.56 Å². The van der Waals surface area contributed by atoms with Crippen LogP contribution in [-0.4, -0.2) is 70.8 Å². The van der Waals surface area contributed by atoms with Crippen LogP contribution in [0, 0.1) is 5.92 Å². The zero-order chi connectivity index (χ0) is 22.5. The molecule has 2 aliphatic rings. The lowest BCUT2D eigenvalue weighted by atomic mass is 9.92. The molecule has 0 saturated carbocycles. The third kappa shape index (κ3) is 5.24. The first-order valence-electron chi connectivity index (χ1n) is 12.0. The van der Waals surface area contributed by atoms with Gasteiger partial charge in [-0.25, -0.2) is 15.0 Å². The average Bonchev–Trinajstić information content (AvgIpc) is 2.86. The third-order valence-electron chi connectivity index (χ3n) is 6.77. The molecule has 33 heavy (non-hydrogen) atoms. The number of anilines is 2. The zero-order valence-corrected chi connectivity index (χ0v) is 19.0. The minimum Gasteiger partial charge on any atom is -0.379 e. The topological polar surface area (TPSA) is 77.6 Å². The minimum atomic E-state index is -0.156. The van der Waals surface area contributed by atoms with Crippen LogP contribution in [0.15, 0.2) is 53.6 Å². The Morgan fingerprint density at radius 2 is 1.79 bits per heavy atom. The summed E-state index contributed by atoms with van der Waals surface area (Å²) in [6.45, 7) is 7.03. The van der Waals surface area contributed by atoms with Crippen molar-refractivity contribution in [2.75, 3.05) is 50.9 Å². The summed E-state index contributed by atoms with van der Waals surface area (Å²) >= 11 is 0. The molecule has 5 rings (SSSR count). The van der Waals surface area contributed by atoms with E-state index in [-0.39, 0.29) is 5.56 Å². The number of para-hydroxylation sites is 1. The van der Waals surface area contributed by atoms with Crippen LogP contribution in [0.3, 0.4) is 0 Å². The highest BCUT2D eigenvalue weighted by Gasteiger charge is 2.27. The first-order chi connectivity index (χ1) is 16.3. The maximum atomic E-state index is 11.8. The first-order valence-corrected chi connectivity index (χ1v) is 12.0. The van der Waals surface area contributed by atoms with E-state index in [1.165, 1.54) is 38.6 Å². The van der Waals surface area contributed by atoms with Gasteiger partial charge in [0.15, 0.2) is 5.82 Å². The van der Waals surface area contributed by atoms with E-state index < -0.39 is 0 Å². The second kappa shape index (κ2) is 10.4. The van der Waals surface area contributed by atoms with Crippen LogP contribution < -0.4 is 10.6 Å². The fraction of sp³-hybridized carbons (Fsp3) is 0.480. The second-order valence-electron chi connectivity index (χ2n) is 8.92. The molecular formula is C25H32N6O2. The Morgan fingerprint density at radius 1 is 1.00 bits per heavy atom. The Labute approximate surface area is 194 Å². The Balaban J connectivity index is 1.30. The number of nitrogens with zero attached hydrogens (tertiary/aromatic N) is 5. The van der Waals surface area contributed by atoms with E-state index in [0.717, 1.165) is 62.2 Å². The molecule has 1 aromatic carbocycles. The molecule has 8 nitrogen and oxygen atoms in total. The second-order valence-corrected chi connectivity index (χ2v) is 8.92. The van der Waals surface area contributed by atoms with Crippen LogP contribution >= 0.6 is 0 Å². The van der Waals surface area contributed by atoms with Crippen molar-refractivity contribution in [3.63, 3.8) is 0 Å². The number of nitrogens with one attached hydrogen (secondary N) is 1. The summed E-state index contributed by atoms with van der Waals surface area (Å²) in [5, 5.41) is 5.43. The smallest absolute Gasteiger partial charge is 0.249 e. The van der Waals surface area contributed by atoms with Crippen molar-refractivity contribution in [1.29, 1.82) is 0 Å². The Morgan fingerprint density at radius 3 is 2.58 bits per heavy atom. The Hall–Kier alpha value is -2.81. The van der Waals surface area contributed by atoms with Gasteiger partial charge in [-0.2, -0.15) is 0 Å². The van der Waals surface area contributed by atoms with Gasteiger partial charge in [-0.3, -0.25) is 14.7 Å². The first kappa shape index (κ1) is 22.0. The van der Waals surface area contributed by atoms with E-state index in [1.807, 2.05) is 24.3 Å². The number of aromatic nitrogens is 3. The van der Waals surface area contributed by atoms with Gasteiger partial charge < -0.3 is 9.72 Å². The largest absolute Gasteiger partial charge is 0.379 e. The standard InChI is InChI=1S/C25H32N6O2/c32-23-9-8-22-24(28-23)26-19-27-25(22)31(21-6-2-1-3-7-21)30-13-10-20(11-14-30)5-4-12-29-15-17-33-18-16-29/h1-3,6-9,19-20H,4-5,10-18H2,(H,26,27,28,32). The number of hydrogen-bond acceptors (Lipinski definition) is 7. The molecule has 0 bridgehead atoms. The van der Waals surface area contributed by atoms with E-state index in [0.29, 0.717) is 5.65 Å². The quantitative estimate of drug-likeness (QED) is 0.595. The lowest BCUT2D eigenvalue weighted by Crippen LogP contribution is -2.45. The molecule has 2 fully saturated rings. The maximum Gasteiger partial charge on any atom is 0.249 e. The van der Waals surface area contributed by atoms with Crippen LogP contribution in [0.2, 0.25) is 0 Å². The molecule has 0 unspecified atom stereocenters. The van der Waals surface area contributed by atoms with Crippen molar-refractivity contribution in [1.82, 2.24) is 24.9 Å². The van der Waals surface area contributed by atoms with Gasteiger partial charge in [0, 0.05) is 32.2 Å². The molecule has 0 atom stereocenters. The van der Waals surface area contributed by atoms with Crippen LogP contribution in [-0.2, 0) is 4.74 Å². The number of hydrazine groups is 1. The molecule has 3 aromatic rings. The van der Waals surface area contributed by atoms with Crippen LogP contribution in [0.25, 0.3) is 11.0 Å². The van der Waals surface area contributed by atoms with E-state index in [1.54, 1.807) is 6.07 Å². The third-order valence-corrected chi connectivity index (χ3v) is 6.77. The SMILES string of the molecule is O=c1ccc2c(N(c3ccccc3)N3CCC(CCCN4CCOCC4)CC3)ncnc2[nH]1. The van der Waals surface area contributed by atoms with Crippen LogP contribution in [0.1, 0.15) is 25.7 Å². The van der Waals surface area contributed by atoms with E-state index >= 15 is 0 Å². The molecule has 1 N–H and O–H groups in total. The molecular weight excluding hydrogens is 416 g/mol. The molecule has 0 aliphatic carbocycles. The van der Waals surface area contributed by atoms with Gasteiger partial charge in [0.1, 0.15) is 12.0 Å². The van der Waals surface area contributed by atoms with Crippen LogP contribution in [0.4, 0.5) is 11.5 Å². The number of piperidine rings is 1. The molecule has 174 valence electrons. The molecule has 4 heterocycles. The van der Waals surface area contributed by atoms with Crippen molar-refractivity contribution in [3.8, 4) is 0 Å². The fourth-order valence-electron chi connectivity index (χ4n) is 4.95. The molecule has 2 aliphatic heterocycles. The number of hydrogen-bond donors (Lipinski definition) is 1. The van der Waals surface area contributed by atoms with Crippen LogP contribution in [0.5, 0.6) is 0 Å². The summed E-state index contributed by atoms with van der Waals surface area (Å²) in [6, 6.07) is 13.7. The Bertz CT molecular complexity index is 1090. The highest BCUT2D eigenvalue weighted by Crippen LogP contribution is 2.33. The van der Waals surface area contributed by atoms with E-state index in [2.05, 4.69) is 42.0 Å². The normalized spacial score (nSPS) is 18.5. The summed E-state index contributed by atoms with van der Waals surface area (Å²) in [5.41, 5.74) is 1.47. The van der Waals surface area contributed by atoms with E-state index in [4.69, 9.17) is 4.74 Å². The molecule has 0 amide bonds. The summed E-state index contributed by atoms with van der Waals surface area (Å²) in [4.78, 5) is 26.1. The van der Waals surface area contributed by atoms with Gasteiger partial charge in [-0.1, -0.05) is 18.2 Å². The minimum absolute atomic E-state index is 0.156. The molecule has 0 radical (unpaired) electrons. The summed E-state index contributed by atoms with van der Waals surface area (Å²) in [7, 11) is 0. The van der Waals surface area contributed by atoms with Crippen molar-refractivity contribution >= 4 is 22.5 Å². The summed E-state index contributed by atoms with van der Waals surface area (Å²) < 4.78 is 5.46. The molecule has 2 saturated heterocycles.